The molecule has 2 rings (SSSR count). The van der Waals surface area contributed by atoms with Crippen molar-refractivity contribution in [3.63, 3.8) is 0 Å². The number of aliphatic hydroxyl groups excluding tert-OH is 1. The van der Waals surface area contributed by atoms with Gasteiger partial charge in [0, 0.05) is 0 Å². The predicted molar refractivity (Wildman–Crippen MR) is 53.4 cm³/mol. The Hall–Kier alpha value is -0.130. The molecule has 2 bridgehead atoms. The molecule has 1 aliphatic carbocycles. The summed E-state index contributed by atoms with van der Waals surface area (Å²) in [5.41, 5.74) is 5.65. The van der Waals surface area contributed by atoms with Gasteiger partial charge >= 0.3 is 0 Å². The first-order valence-electron chi connectivity index (χ1n) is 5.10. The Labute approximate surface area is 84.4 Å². The fourth-order valence-electron chi connectivity index (χ4n) is 3.02. The SMILES string of the molecule is NCC1C2CC(O)CC1CS(=O)(=O)C2. The summed E-state index contributed by atoms with van der Waals surface area (Å²) in [6, 6.07) is 0. The maximum Gasteiger partial charge on any atom is 0.150 e. The van der Waals surface area contributed by atoms with Gasteiger partial charge in [0.25, 0.3) is 0 Å². The minimum atomic E-state index is -2.88. The molecule has 2 unspecified atom stereocenters. The fourth-order valence-corrected chi connectivity index (χ4v) is 5.23. The van der Waals surface area contributed by atoms with E-state index in [1.54, 1.807) is 0 Å². The molecule has 1 heterocycles. The van der Waals surface area contributed by atoms with Crippen LogP contribution in [0, 0.1) is 17.8 Å². The lowest BCUT2D eigenvalue weighted by Crippen LogP contribution is -2.49. The van der Waals surface area contributed by atoms with Gasteiger partial charge in [0.1, 0.15) is 0 Å². The van der Waals surface area contributed by atoms with Crippen molar-refractivity contribution in [3.8, 4) is 0 Å². The number of nitrogens with two attached hydrogens (primary N) is 1. The molecule has 0 spiro atoms. The summed E-state index contributed by atoms with van der Waals surface area (Å²) in [4.78, 5) is 0. The summed E-state index contributed by atoms with van der Waals surface area (Å²) in [6.07, 6.45) is 0.901. The van der Waals surface area contributed by atoms with Crippen molar-refractivity contribution in [1.82, 2.24) is 0 Å². The Kier molecular flexibility index (Phi) is 2.57. The first kappa shape index (κ1) is 10.4. The lowest BCUT2D eigenvalue weighted by molar-refractivity contribution is 0.0404. The van der Waals surface area contributed by atoms with Crippen molar-refractivity contribution >= 4 is 9.84 Å². The summed E-state index contributed by atoms with van der Waals surface area (Å²) in [5, 5.41) is 9.56. The molecule has 2 atom stereocenters. The topological polar surface area (TPSA) is 80.4 Å². The first-order valence-corrected chi connectivity index (χ1v) is 6.92. The minimum absolute atomic E-state index is 0.0903. The van der Waals surface area contributed by atoms with E-state index in [2.05, 4.69) is 0 Å². The van der Waals surface area contributed by atoms with Gasteiger partial charge in [0.15, 0.2) is 9.84 Å². The zero-order chi connectivity index (χ0) is 10.3. The molecule has 0 amide bonds. The Morgan fingerprint density at radius 2 is 1.71 bits per heavy atom. The molecular formula is C9H17NO3S. The average molecular weight is 219 g/mol. The monoisotopic (exact) mass is 219 g/mol. The molecular weight excluding hydrogens is 202 g/mol. The molecule has 1 aliphatic heterocycles. The first-order chi connectivity index (χ1) is 6.52. The van der Waals surface area contributed by atoms with Crippen LogP contribution in [0.5, 0.6) is 0 Å². The molecule has 0 aromatic heterocycles. The number of aliphatic hydroxyl groups is 1. The van der Waals surface area contributed by atoms with E-state index in [0.717, 1.165) is 0 Å². The minimum Gasteiger partial charge on any atom is -0.393 e. The van der Waals surface area contributed by atoms with Crippen LogP contribution in [-0.4, -0.2) is 37.7 Å². The van der Waals surface area contributed by atoms with Crippen LogP contribution < -0.4 is 5.73 Å². The van der Waals surface area contributed by atoms with E-state index in [4.69, 9.17) is 5.73 Å². The van der Waals surface area contributed by atoms with Crippen LogP contribution in [0.15, 0.2) is 0 Å². The molecule has 4 nitrogen and oxygen atoms in total. The summed E-state index contributed by atoms with van der Waals surface area (Å²) in [7, 11) is -2.88. The van der Waals surface area contributed by atoms with Crippen molar-refractivity contribution in [2.75, 3.05) is 18.1 Å². The van der Waals surface area contributed by atoms with Crippen LogP contribution >= 0.6 is 0 Å². The highest BCUT2D eigenvalue weighted by Crippen LogP contribution is 2.40. The van der Waals surface area contributed by atoms with E-state index < -0.39 is 9.84 Å². The average Bonchev–Trinajstić information content (AvgIpc) is 1.99. The molecule has 82 valence electrons. The summed E-state index contributed by atoms with van der Waals surface area (Å²) in [5.74, 6) is 0.937. The predicted octanol–water partition coefficient (Wildman–Crippen LogP) is -0.623. The van der Waals surface area contributed by atoms with Gasteiger partial charge in [-0.3, -0.25) is 0 Å². The number of hydrogen-bond donors (Lipinski definition) is 2. The maximum atomic E-state index is 11.5. The Balaban J connectivity index is 2.22. The van der Waals surface area contributed by atoms with Gasteiger partial charge in [-0.15, -0.1) is 0 Å². The highest BCUT2D eigenvalue weighted by Gasteiger charge is 2.44. The van der Waals surface area contributed by atoms with Crippen LogP contribution in [0.3, 0.4) is 0 Å². The number of fused-ring (bicyclic) bond motifs is 2. The highest BCUT2D eigenvalue weighted by atomic mass is 32.2. The van der Waals surface area contributed by atoms with Gasteiger partial charge < -0.3 is 10.8 Å². The normalized spacial score (nSPS) is 46.1. The molecule has 14 heavy (non-hydrogen) atoms. The lowest BCUT2D eigenvalue weighted by atomic mass is 9.72. The van der Waals surface area contributed by atoms with Gasteiger partial charge in [-0.1, -0.05) is 0 Å². The van der Waals surface area contributed by atoms with Gasteiger partial charge in [0.2, 0.25) is 0 Å². The quantitative estimate of drug-likeness (QED) is 0.616. The smallest absolute Gasteiger partial charge is 0.150 e. The maximum absolute atomic E-state index is 11.5. The van der Waals surface area contributed by atoms with Crippen molar-refractivity contribution in [2.24, 2.45) is 23.5 Å². The zero-order valence-electron chi connectivity index (χ0n) is 8.09. The zero-order valence-corrected chi connectivity index (χ0v) is 8.91. The Morgan fingerprint density at radius 1 is 1.21 bits per heavy atom. The van der Waals surface area contributed by atoms with E-state index in [9.17, 15) is 13.5 Å². The number of rotatable bonds is 1. The standard InChI is InChI=1S/C9H17NO3S/c10-3-9-6-1-8(11)2-7(9)5-14(12,13)4-6/h6-9,11H,1-5,10H2. The second-order valence-electron chi connectivity index (χ2n) is 4.62. The van der Waals surface area contributed by atoms with E-state index in [0.29, 0.717) is 25.3 Å². The lowest BCUT2D eigenvalue weighted by Gasteiger charge is -2.43. The second kappa shape index (κ2) is 3.47. The summed E-state index contributed by atoms with van der Waals surface area (Å²) in [6.45, 7) is 0.553. The van der Waals surface area contributed by atoms with Gasteiger partial charge in [-0.25, -0.2) is 8.42 Å². The van der Waals surface area contributed by atoms with Crippen LogP contribution in [0.25, 0.3) is 0 Å². The Morgan fingerprint density at radius 3 is 2.14 bits per heavy atom. The largest absolute Gasteiger partial charge is 0.393 e. The van der Waals surface area contributed by atoms with Gasteiger partial charge in [0.05, 0.1) is 17.6 Å². The summed E-state index contributed by atoms with van der Waals surface area (Å²) < 4.78 is 23.0. The van der Waals surface area contributed by atoms with Crippen LogP contribution in [0.2, 0.25) is 0 Å². The Bertz CT molecular complexity index is 292. The summed E-state index contributed by atoms with van der Waals surface area (Å²) >= 11 is 0. The van der Waals surface area contributed by atoms with Crippen molar-refractivity contribution in [3.05, 3.63) is 0 Å². The second-order valence-corrected chi connectivity index (χ2v) is 6.78. The van der Waals surface area contributed by atoms with E-state index >= 15 is 0 Å². The molecule has 2 aliphatic rings. The third kappa shape index (κ3) is 1.81. The van der Waals surface area contributed by atoms with Crippen LogP contribution in [-0.2, 0) is 9.84 Å². The fraction of sp³-hybridized carbons (Fsp3) is 1.00. The van der Waals surface area contributed by atoms with E-state index in [1.165, 1.54) is 0 Å². The van der Waals surface area contributed by atoms with E-state index in [1.807, 2.05) is 0 Å². The molecule has 0 radical (unpaired) electrons. The van der Waals surface area contributed by atoms with Crippen molar-refractivity contribution in [2.45, 2.75) is 18.9 Å². The molecule has 5 heteroatoms. The third-order valence-corrected chi connectivity index (χ3v) is 5.44. The number of hydrogen-bond acceptors (Lipinski definition) is 4. The van der Waals surface area contributed by atoms with Crippen LogP contribution in [0.4, 0.5) is 0 Å². The number of sulfone groups is 1. The molecule has 1 saturated carbocycles. The molecule has 2 fully saturated rings. The molecule has 3 N–H and O–H groups in total. The third-order valence-electron chi connectivity index (χ3n) is 3.57. The van der Waals surface area contributed by atoms with Gasteiger partial charge in [-0.2, -0.15) is 0 Å². The highest BCUT2D eigenvalue weighted by molar-refractivity contribution is 7.91. The van der Waals surface area contributed by atoms with Crippen molar-refractivity contribution in [1.29, 1.82) is 0 Å². The van der Waals surface area contributed by atoms with Crippen molar-refractivity contribution < 1.29 is 13.5 Å². The molecule has 0 aromatic rings. The molecule has 0 aromatic carbocycles. The van der Waals surface area contributed by atoms with Crippen LogP contribution in [0.1, 0.15) is 12.8 Å². The van der Waals surface area contributed by atoms with E-state index in [-0.39, 0.29) is 29.4 Å². The molecule has 1 saturated heterocycles. The van der Waals surface area contributed by atoms with Gasteiger partial charge in [-0.05, 0) is 37.1 Å².